The lowest BCUT2D eigenvalue weighted by Gasteiger charge is -2.10. The Kier molecular flexibility index (Phi) is 4.31. The maximum Gasteiger partial charge on any atom is 0.261 e. The number of aryl methyl sites for hydroxylation is 1. The molecule has 5 heteroatoms. The molecule has 1 amide bonds. The second-order valence-corrected chi connectivity index (χ2v) is 7.04. The van der Waals surface area contributed by atoms with Gasteiger partial charge in [-0.2, -0.15) is 0 Å². The van der Waals surface area contributed by atoms with E-state index < -0.39 is 0 Å². The lowest BCUT2D eigenvalue weighted by Crippen LogP contribution is -2.22. The van der Waals surface area contributed by atoms with Crippen LogP contribution in [0.15, 0.2) is 28.7 Å². The highest BCUT2D eigenvalue weighted by Crippen LogP contribution is 2.33. The van der Waals surface area contributed by atoms with E-state index in [0.717, 1.165) is 40.1 Å². The Morgan fingerprint density at radius 1 is 1.43 bits per heavy atom. The third-order valence-corrected chi connectivity index (χ3v) is 5.18. The summed E-state index contributed by atoms with van der Waals surface area (Å²) in [6.07, 6.45) is 1.89. The number of carbonyl (C=O) groups is 1. The molecular formula is C16H16BrNO2S. The van der Waals surface area contributed by atoms with E-state index in [0.29, 0.717) is 6.54 Å². The fourth-order valence-corrected chi connectivity index (χ4v) is 3.85. The predicted molar refractivity (Wildman–Crippen MR) is 88.2 cm³/mol. The molecule has 0 unspecified atom stereocenters. The topological polar surface area (TPSA) is 38.3 Å². The summed E-state index contributed by atoms with van der Waals surface area (Å²) in [4.78, 5) is 14.2. The lowest BCUT2D eigenvalue weighted by atomic mass is 10.1. The van der Waals surface area contributed by atoms with Crippen molar-refractivity contribution in [3.63, 3.8) is 0 Å². The Balaban J connectivity index is 1.72. The summed E-state index contributed by atoms with van der Waals surface area (Å²) in [6, 6.07) is 8.00. The maximum atomic E-state index is 12.2. The molecule has 1 N–H and O–H groups in total. The molecule has 0 fully saturated rings. The predicted octanol–water partition coefficient (Wildman–Crippen LogP) is 3.94. The van der Waals surface area contributed by atoms with Gasteiger partial charge in [0.05, 0.1) is 11.5 Å². The van der Waals surface area contributed by atoms with Gasteiger partial charge in [0.1, 0.15) is 5.75 Å². The molecule has 1 aliphatic heterocycles. The summed E-state index contributed by atoms with van der Waals surface area (Å²) < 4.78 is 6.70. The fourth-order valence-electron chi connectivity index (χ4n) is 2.43. The molecule has 1 aliphatic rings. The second kappa shape index (κ2) is 6.20. The zero-order chi connectivity index (χ0) is 14.8. The van der Waals surface area contributed by atoms with Gasteiger partial charge in [-0.25, -0.2) is 0 Å². The van der Waals surface area contributed by atoms with E-state index >= 15 is 0 Å². The van der Waals surface area contributed by atoms with Crippen LogP contribution in [0.25, 0.3) is 0 Å². The minimum atomic E-state index is -0.0218. The zero-order valence-electron chi connectivity index (χ0n) is 11.7. The minimum absolute atomic E-state index is 0.0218. The number of halogens is 1. The van der Waals surface area contributed by atoms with Crippen LogP contribution in [0.3, 0.4) is 0 Å². The van der Waals surface area contributed by atoms with Crippen LogP contribution in [0, 0.1) is 0 Å². The average molecular weight is 366 g/mol. The molecule has 21 heavy (non-hydrogen) atoms. The number of hydrogen-bond acceptors (Lipinski definition) is 3. The monoisotopic (exact) mass is 365 g/mol. The molecule has 2 heterocycles. The first kappa shape index (κ1) is 14.6. The van der Waals surface area contributed by atoms with Crippen LogP contribution in [0.5, 0.6) is 5.75 Å². The van der Waals surface area contributed by atoms with Crippen molar-refractivity contribution in [2.75, 3.05) is 6.61 Å². The number of fused-ring (bicyclic) bond motifs is 1. The van der Waals surface area contributed by atoms with Crippen LogP contribution in [0.2, 0.25) is 0 Å². The van der Waals surface area contributed by atoms with Gasteiger partial charge in [0.25, 0.3) is 5.91 Å². The summed E-state index contributed by atoms with van der Waals surface area (Å²) in [5.74, 6) is 0.908. The van der Waals surface area contributed by atoms with Gasteiger partial charge in [-0.15, -0.1) is 11.3 Å². The van der Waals surface area contributed by atoms with E-state index in [9.17, 15) is 4.79 Å². The quantitative estimate of drug-likeness (QED) is 0.890. The van der Waals surface area contributed by atoms with Gasteiger partial charge in [0.2, 0.25) is 0 Å². The summed E-state index contributed by atoms with van der Waals surface area (Å²) in [7, 11) is 0. The Bertz CT molecular complexity index is 681. The fraction of sp³-hybridized carbons (Fsp3) is 0.312. The van der Waals surface area contributed by atoms with Crippen molar-refractivity contribution in [1.82, 2.24) is 5.32 Å². The molecule has 0 atom stereocenters. The number of hydrogen-bond donors (Lipinski definition) is 1. The molecule has 0 aliphatic carbocycles. The van der Waals surface area contributed by atoms with Gasteiger partial charge in [-0.1, -0.05) is 22.9 Å². The average Bonchev–Trinajstić information content (AvgIpc) is 3.12. The number of ether oxygens (including phenoxy) is 1. The van der Waals surface area contributed by atoms with E-state index in [1.807, 2.05) is 18.2 Å². The van der Waals surface area contributed by atoms with Crippen molar-refractivity contribution in [3.05, 3.63) is 49.6 Å². The van der Waals surface area contributed by atoms with Crippen molar-refractivity contribution < 1.29 is 9.53 Å². The molecule has 110 valence electrons. The summed E-state index contributed by atoms with van der Waals surface area (Å²) in [5.41, 5.74) is 2.23. The Morgan fingerprint density at radius 3 is 3.05 bits per heavy atom. The first-order valence-corrected chi connectivity index (χ1v) is 8.59. The molecular weight excluding hydrogens is 350 g/mol. The number of amides is 1. The van der Waals surface area contributed by atoms with E-state index in [4.69, 9.17) is 4.74 Å². The molecule has 0 radical (unpaired) electrons. The Hall–Kier alpha value is -1.33. The number of rotatable bonds is 4. The highest BCUT2D eigenvalue weighted by atomic mass is 79.9. The highest BCUT2D eigenvalue weighted by Gasteiger charge is 2.18. The van der Waals surface area contributed by atoms with E-state index in [2.05, 4.69) is 34.2 Å². The van der Waals surface area contributed by atoms with Crippen LogP contribution >= 0.6 is 27.3 Å². The van der Waals surface area contributed by atoms with Gasteiger partial charge >= 0.3 is 0 Å². The molecule has 1 aromatic carbocycles. The normalized spacial score (nSPS) is 12.9. The van der Waals surface area contributed by atoms with Gasteiger partial charge in [0.15, 0.2) is 0 Å². The van der Waals surface area contributed by atoms with Crippen molar-refractivity contribution >= 4 is 33.2 Å². The van der Waals surface area contributed by atoms with Crippen LogP contribution in [0.4, 0.5) is 0 Å². The zero-order valence-corrected chi connectivity index (χ0v) is 14.1. The number of nitrogens with one attached hydrogen (secondary N) is 1. The van der Waals surface area contributed by atoms with Gasteiger partial charge in [0, 0.05) is 27.9 Å². The molecule has 0 spiro atoms. The highest BCUT2D eigenvalue weighted by molar-refractivity contribution is 9.10. The first-order valence-electron chi connectivity index (χ1n) is 6.98. The second-order valence-electron chi connectivity index (χ2n) is 4.95. The standard InChI is InChI=1S/C16H16BrNO2S/c1-2-13-3-4-14(21-13)16(19)18-9-11-8-12(17)7-10-5-6-20-15(10)11/h3-4,7-8H,2,5-6,9H2,1H3,(H,18,19). The lowest BCUT2D eigenvalue weighted by molar-refractivity contribution is 0.0954. The number of thiophene rings is 1. The molecule has 0 saturated heterocycles. The third kappa shape index (κ3) is 3.14. The van der Waals surface area contributed by atoms with Crippen molar-refractivity contribution in [1.29, 1.82) is 0 Å². The van der Waals surface area contributed by atoms with E-state index in [1.54, 1.807) is 11.3 Å². The molecule has 2 aromatic rings. The van der Waals surface area contributed by atoms with Crippen molar-refractivity contribution in [3.8, 4) is 5.75 Å². The number of carbonyl (C=O) groups excluding carboxylic acids is 1. The van der Waals surface area contributed by atoms with Gasteiger partial charge in [-0.3, -0.25) is 4.79 Å². The minimum Gasteiger partial charge on any atom is -0.493 e. The summed E-state index contributed by atoms with van der Waals surface area (Å²) >= 11 is 5.07. The van der Waals surface area contributed by atoms with Crippen LogP contribution in [0.1, 0.15) is 32.6 Å². The molecule has 0 bridgehead atoms. The first-order chi connectivity index (χ1) is 10.2. The van der Waals surface area contributed by atoms with Gasteiger partial charge in [-0.05, 0) is 36.2 Å². The van der Waals surface area contributed by atoms with E-state index in [-0.39, 0.29) is 5.91 Å². The largest absolute Gasteiger partial charge is 0.493 e. The Labute approximate surface area is 136 Å². The summed E-state index contributed by atoms with van der Waals surface area (Å²) in [5, 5.41) is 2.98. The molecule has 3 rings (SSSR count). The van der Waals surface area contributed by atoms with Crippen LogP contribution < -0.4 is 10.1 Å². The van der Waals surface area contributed by atoms with Crippen LogP contribution in [-0.4, -0.2) is 12.5 Å². The maximum absolute atomic E-state index is 12.2. The third-order valence-electron chi connectivity index (χ3n) is 3.50. The van der Waals surface area contributed by atoms with Crippen molar-refractivity contribution in [2.24, 2.45) is 0 Å². The number of benzene rings is 1. The molecule has 3 nitrogen and oxygen atoms in total. The van der Waals surface area contributed by atoms with E-state index in [1.165, 1.54) is 10.4 Å². The molecule has 0 saturated carbocycles. The van der Waals surface area contributed by atoms with Gasteiger partial charge < -0.3 is 10.1 Å². The smallest absolute Gasteiger partial charge is 0.261 e. The summed E-state index contributed by atoms with van der Waals surface area (Å²) in [6.45, 7) is 3.30. The Morgan fingerprint density at radius 2 is 2.29 bits per heavy atom. The van der Waals surface area contributed by atoms with Crippen LogP contribution in [-0.2, 0) is 19.4 Å². The molecule has 1 aromatic heterocycles. The van der Waals surface area contributed by atoms with Crippen molar-refractivity contribution in [2.45, 2.75) is 26.3 Å². The SMILES string of the molecule is CCc1ccc(C(=O)NCc2cc(Br)cc3c2OCC3)s1.